The molecule has 1 unspecified atom stereocenters. The second kappa shape index (κ2) is 6.99. The molecule has 0 aromatic rings. The minimum absolute atomic E-state index is 0.0690. The molecule has 0 radical (unpaired) electrons. The van der Waals surface area contributed by atoms with Gasteiger partial charge >= 0.3 is 0 Å². The van der Waals surface area contributed by atoms with Crippen LogP contribution in [0, 0.1) is 0 Å². The molecular weight excluding hydrogens is 132 g/mol. The van der Waals surface area contributed by atoms with Gasteiger partial charge in [0.2, 0.25) is 0 Å². The molecule has 0 bridgehead atoms. The van der Waals surface area contributed by atoms with Crippen molar-refractivity contribution in [2.24, 2.45) is 0 Å². The number of hydrogen-bond donors (Lipinski definition) is 1. The van der Waals surface area contributed by atoms with Gasteiger partial charge in [0, 0.05) is 6.61 Å². The van der Waals surface area contributed by atoms with E-state index in [1.54, 1.807) is 0 Å². The molecule has 0 aliphatic carbocycles. The quantitative estimate of drug-likeness (QED) is 0.555. The first-order chi connectivity index (χ1) is 4.81. The Bertz CT molecular complexity index is 65.9. The molecule has 1 N–H and O–H groups in total. The van der Waals surface area contributed by atoms with Crippen LogP contribution >= 0.6 is 0 Å². The van der Waals surface area contributed by atoms with Gasteiger partial charge in [0.25, 0.3) is 0 Å². The van der Waals surface area contributed by atoms with Gasteiger partial charge in [0.05, 0.1) is 25.9 Å². The van der Waals surface area contributed by atoms with Gasteiger partial charge < -0.3 is 14.6 Å². The third-order valence-electron chi connectivity index (χ3n) is 1.09. The molecule has 0 heterocycles. The van der Waals surface area contributed by atoms with Crippen LogP contribution in [0.15, 0.2) is 0 Å². The molecule has 0 rings (SSSR count). The fraction of sp³-hybridized carbons (Fsp3) is 1.00. The Morgan fingerprint density at radius 3 is 2.60 bits per heavy atom. The maximum atomic E-state index is 8.53. The lowest BCUT2D eigenvalue weighted by molar-refractivity contribution is -0.00824. The first-order valence-corrected chi connectivity index (χ1v) is 3.61. The molecule has 3 nitrogen and oxygen atoms in total. The van der Waals surface area contributed by atoms with Gasteiger partial charge in [-0.3, -0.25) is 0 Å². The summed E-state index contributed by atoms with van der Waals surface area (Å²) in [6, 6.07) is 0. The van der Waals surface area contributed by atoms with E-state index < -0.39 is 0 Å². The van der Waals surface area contributed by atoms with Gasteiger partial charge in [-0.25, -0.2) is 0 Å². The van der Waals surface area contributed by atoms with Crippen molar-refractivity contribution in [2.75, 3.05) is 26.4 Å². The molecule has 3 heteroatoms. The van der Waals surface area contributed by atoms with Gasteiger partial charge in [0.1, 0.15) is 0 Å². The van der Waals surface area contributed by atoms with E-state index in [2.05, 4.69) is 0 Å². The number of aliphatic hydroxyl groups excluding tert-OH is 1. The molecule has 62 valence electrons. The molecule has 0 fully saturated rings. The van der Waals surface area contributed by atoms with Crippen molar-refractivity contribution in [1.82, 2.24) is 0 Å². The van der Waals surface area contributed by atoms with E-state index in [9.17, 15) is 0 Å². The van der Waals surface area contributed by atoms with Crippen LogP contribution in [0.3, 0.4) is 0 Å². The molecule has 0 amide bonds. The third kappa shape index (κ3) is 6.01. The first-order valence-electron chi connectivity index (χ1n) is 3.61. The maximum absolute atomic E-state index is 8.53. The second-order valence-corrected chi connectivity index (χ2v) is 2.06. The zero-order valence-electron chi connectivity index (χ0n) is 6.67. The Labute approximate surface area is 62.0 Å². The molecule has 1 atom stereocenters. The Hall–Kier alpha value is -0.120. The predicted molar refractivity (Wildman–Crippen MR) is 39.0 cm³/mol. The smallest absolute Gasteiger partial charge is 0.0778 e. The Kier molecular flexibility index (Phi) is 6.91. The molecule has 10 heavy (non-hydrogen) atoms. The molecule has 0 aliphatic rings. The summed E-state index contributed by atoms with van der Waals surface area (Å²) in [4.78, 5) is 0. The molecule has 0 saturated carbocycles. The number of ether oxygens (including phenoxy) is 2. The standard InChI is InChI=1S/C7H16O3/c1-3-9-4-5-10-7(2)6-8/h7-8H,3-6H2,1-2H3. The van der Waals surface area contributed by atoms with E-state index >= 15 is 0 Å². The normalized spacial score (nSPS) is 13.5. The average Bonchev–Trinajstić information content (AvgIpc) is 1.98. The molecule has 0 aliphatic heterocycles. The summed E-state index contributed by atoms with van der Waals surface area (Å²) >= 11 is 0. The van der Waals surface area contributed by atoms with E-state index in [4.69, 9.17) is 14.6 Å². The third-order valence-corrected chi connectivity index (χ3v) is 1.09. The summed E-state index contributed by atoms with van der Waals surface area (Å²) < 4.78 is 10.1. The average molecular weight is 148 g/mol. The highest BCUT2D eigenvalue weighted by atomic mass is 16.5. The van der Waals surface area contributed by atoms with Crippen molar-refractivity contribution in [1.29, 1.82) is 0 Å². The van der Waals surface area contributed by atoms with E-state index in [-0.39, 0.29) is 12.7 Å². The SMILES string of the molecule is CCOCCOC(C)CO. The monoisotopic (exact) mass is 148 g/mol. The van der Waals surface area contributed by atoms with Gasteiger partial charge in [-0.05, 0) is 13.8 Å². The van der Waals surface area contributed by atoms with Crippen molar-refractivity contribution in [2.45, 2.75) is 20.0 Å². The summed E-state index contributed by atoms with van der Waals surface area (Å²) in [5.41, 5.74) is 0. The lowest BCUT2D eigenvalue weighted by atomic mass is 10.4. The topological polar surface area (TPSA) is 38.7 Å². The minimum Gasteiger partial charge on any atom is -0.394 e. The summed E-state index contributed by atoms with van der Waals surface area (Å²) in [7, 11) is 0. The van der Waals surface area contributed by atoms with Crippen molar-refractivity contribution >= 4 is 0 Å². The zero-order chi connectivity index (χ0) is 7.82. The van der Waals surface area contributed by atoms with Gasteiger partial charge in [-0.15, -0.1) is 0 Å². The largest absolute Gasteiger partial charge is 0.394 e. The molecule has 0 aromatic heterocycles. The highest BCUT2D eigenvalue weighted by Gasteiger charge is 1.96. The van der Waals surface area contributed by atoms with Crippen LogP contribution in [0.25, 0.3) is 0 Å². The highest BCUT2D eigenvalue weighted by molar-refractivity contribution is 4.43. The van der Waals surface area contributed by atoms with Crippen LogP contribution < -0.4 is 0 Å². The van der Waals surface area contributed by atoms with E-state index in [0.29, 0.717) is 13.2 Å². The number of hydrogen-bond acceptors (Lipinski definition) is 3. The minimum atomic E-state index is -0.0690. The van der Waals surface area contributed by atoms with Crippen molar-refractivity contribution in [3.05, 3.63) is 0 Å². The van der Waals surface area contributed by atoms with Gasteiger partial charge in [-0.2, -0.15) is 0 Å². The molecule has 0 aromatic carbocycles. The fourth-order valence-electron chi connectivity index (χ4n) is 0.505. The summed E-state index contributed by atoms with van der Waals surface area (Å²) in [5.74, 6) is 0. The maximum Gasteiger partial charge on any atom is 0.0778 e. The van der Waals surface area contributed by atoms with E-state index in [1.807, 2.05) is 13.8 Å². The van der Waals surface area contributed by atoms with Crippen LogP contribution in [-0.2, 0) is 9.47 Å². The van der Waals surface area contributed by atoms with E-state index in [1.165, 1.54) is 0 Å². The van der Waals surface area contributed by atoms with Crippen LogP contribution in [0.4, 0.5) is 0 Å². The van der Waals surface area contributed by atoms with Crippen molar-refractivity contribution in [3.63, 3.8) is 0 Å². The van der Waals surface area contributed by atoms with Gasteiger partial charge in [0.15, 0.2) is 0 Å². The van der Waals surface area contributed by atoms with Crippen LogP contribution in [0.1, 0.15) is 13.8 Å². The molecule has 0 spiro atoms. The lowest BCUT2D eigenvalue weighted by Crippen LogP contribution is -2.16. The lowest BCUT2D eigenvalue weighted by Gasteiger charge is -2.08. The zero-order valence-corrected chi connectivity index (χ0v) is 6.67. The molecular formula is C7H16O3. The van der Waals surface area contributed by atoms with Gasteiger partial charge in [-0.1, -0.05) is 0 Å². The van der Waals surface area contributed by atoms with E-state index in [0.717, 1.165) is 6.61 Å². The predicted octanol–water partition coefficient (Wildman–Crippen LogP) is 0.420. The first kappa shape index (κ1) is 9.88. The summed E-state index contributed by atoms with van der Waals surface area (Å²) in [6.07, 6.45) is -0.0690. The summed E-state index contributed by atoms with van der Waals surface area (Å²) in [5, 5.41) is 8.53. The number of aliphatic hydroxyl groups is 1. The molecule has 0 saturated heterocycles. The highest BCUT2D eigenvalue weighted by Crippen LogP contribution is 1.87. The Morgan fingerprint density at radius 1 is 1.40 bits per heavy atom. The fourth-order valence-corrected chi connectivity index (χ4v) is 0.505. The number of rotatable bonds is 6. The van der Waals surface area contributed by atoms with Crippen LogP contribution in [-0.4, -0.2) is 37.6 Å². The second-order valence-electron chi connectivity index (χ2n) is 2.06. The van der Waals surface area contributed by atoms with Crippen LogP contribution in [0.2, 0.25) is 0 Å². The summed E-state index contributed by atoms with van der Waals surface area (Å²) in [6.45, 7) is 5.74. The Morgan fingerprint density at radius 2 is 2.10 bits per heavy atom. The van der Waals surface area contributed by atoms with Crippen LogP contribution in [0.5, 0.6) is 0 Å². The van der Waals surface area contributed by atoms with Crippen molar-refractivity contribution in [3.8, 4) is 0 Å². The van der Waals surface area contributed by atoms with Crippen molar-refractivity contribution < 1.29 is 14.6 Å². The Balaban J connectivity index is 2.89.